The summed E-state index contributed by atoms with van der Waals surface area (Å²) in [6.45, 7) is 4.93. The van der Waals surface area contributed by atoms with Crippen molar-refractivity contribution in [1.29, 1.82) is 0 Å². The molecule has 0 saturated carbocycles. The first-order valence-electron chi connectivity index (χ1n) is 10.3. The molecular weight excluding hydrogens is 368 g/mol. The Balaban J connectivity index is 1.83. The zero-order valence-electron chi connectivity index (χ0n) is 17.1. The van der Waals surface area contributed by atoms with Crippen molar-refractivity contribution in [3.63, 3.8) is 0 Å². The maximum absolute atomic E-state index is 13.2. The van der Waals surface area contributed by atoms with E-state index in [-0.39, 0.29) is 11.6 Å². The van der Waals surface area contributed by atoms with Gasteiger partial charge in [0.25, 0.3) is 5.56 Å². The molecule has 1 aliphatic rings. The van der Waals surface area contributed by atoms with Gasteiger partial charge in [0.15, 0.2) is 5.82 Å². The van der Waals surface area contributed by atoms with E-state index >= 15 is 0 Å². The van der Waals surface area contributed by atoms with Crippen LogP contribution in [0.3, 0.4) is 0 Å². The Labute approximate surface area is 169 Å². The monoisotopic (exact) mass is 396 g/mol. The van der Waals surface area contributed by atoms with E-state index in [0.717, 1.165) is 42.4 Å². The molecule has 8 heteroatoms. The number of pyridine rings is 1. The number of ether oxygens (including phenoxy) is 1. The van der Waals surface area contributed by atoms with Crippen LogP contribution in [0.1, 0.15) is 48.7 Å². The first kappa shape index (κ1) is 19.7. The van der Waals surface area contributed by atoms with Gasteiger partial charge >= 0.3 is 0 Å². The number of methoxy groups -OCH3 is 1. The van der Waals surface area contributed by atoms with Crippen LogP contribution in [0.2, 0.25) is 0 Å². The SMILES string of the molecule is COCCn1nnnc1C(c1cc2ccc(C)cc2[nH]c1=O)N1CCCCCC1. The van der Waals surface area contributed by atoms with E-state index in [1.165, 1.54) is 12.8 Å². The van der Waals surface area contributed by atoms with Gasteiger partial charge < -0.3 is 9.72 Å². The van der Waals surface area contributed by atoms with Crippen molar-refractivity contribution < 1.29 is 4.74 Å². The smallest absolute Gasteiger partial charge is 0.253 e. The highest BCUT2D eigenvalue weighted by atomic mass is 16.5. The number of fused-ring (bicyclic) bond motifs is 1. The lowest BCUT2D eigenvalue weighted by atomic mass is 10.0. The van der Waals surface area contributed by atoms with Gasteiger partial charge in [-0.05, 0) is 66.4 Å². The van der Waals surface area contributed by atoms with Crippen LogP contribution < -0.4 is 5.56 Å². The average molecular weight is 396 g/mol. The molecule has 1 aromatic carbocycles. The third kappa shape index (κ3) is 4.23. The summed E-state index contributed by atoms with van der Waals surface area (Å²) in [7, 11) is 1.66. The van der Waals surface area contributed by atoms with Crippen molar-refractivity contribution in [2.45, 2.75) is 45.2 Å². The van der Waals surface area contributed by atoms with E-state index in [0.29, 0.717) is 24.5 Å². The summed E-state index contributed by atoms with van der Waals surface area (Å²) in [5, 5.41) is 13.4. The fraction of sp³-hybridized carbons (Fsp3) is 0.524. The summed E-state index contributed by atoms with van der Waals surface area (Å²) in [4.78, 5) is 18.6. The summed E-state index contributed by atoms with van der Waals surface area (Å²) in [6.07, 6.45) is 4.65. The molecule has 0 amide bonds. The van der Waals surface area contributed by atoms with E-state index in [9.17, 15) is 4.79 Å². The number of rotatable bonds is 6. The Kier molecular flexibility index (Phi) is 6.01. The third-order valence-corrected chi connectivity index (χ3v) is 5.64. The molecule has 3 aromatic rings. The second-order valence-electron chi connectivity index (χ2n) is 7.75. The minimum absolute atomic E-state index is 0.0846. The van der Waals surface area contributed by atoms with Crippen molar-refractivity contribution in [2.24, 2.45) is 0 Å². The fourth-order valence-corrected chi connectivity index (χ4v) is 4.13. The van der Waals surface area contributed by atoms with Crippen LogP contribution >= 0.6 is 0 Å². The molecule has 4 rings (SSSR count). The molecule has 2 aromatic heterocycles. The Hall–Kier alpha value is -2.58. The molecule has 1 aliphatic heterocycles. The van der Waals surface area contributed by atoms with Crippen LogP contribution in [-0.4, -0.2) is 56.9 Å². The Bertz CT molecular complexity index is 1020. The number of hydrogen-bond donors (Lipinski definition) is 1. The van der Waals surface area contributed by atoms with Gasteiger partial charge in [-0.1, -0.05) is 25.0 Å². The van der Waals surface area contributed by atoms with E-state index in [1.807, 2.05) is 19.1 Å². The second kappa shape index (κ2) is 8.84. The highest BCUT2D eigenvalue weighted by molar-refractivity contribution is 5.79. The maximum Gasteiger partial charge on any atom is 0.253 e. The van der Waals surface area contributed by atoms with Crippen LogP contribution in [0.4, 0.5) is 0 Å². The highest BCUT2D eigenvalue weighted by Gasteiger charge is 2.30. The van der Waals surface area contributed by atoms with Crippen molar-refractivity contribution >= 4 is 10.9 Å². The first-order valence-corrected chi connectivity index (χ1v) is 10.3. The van der Waals surface area contributed by atoms with Crippen molar-refractivity contribution in [3.8, 4) is 0 Å². The quantitative estimate of drug-likeness (QED) is 0.688. The molecule has 8 nitrogen and oxygen atoms in total. The number of likely N-dealkylation sites (tertiary alicyclic amines) is 1. The van der Waals surface area contributed by atoms with Gasteiger partial charge in [0.05, 0.1) is 13.2 Å². The van der Waals surface area contributed by atoms with Gasteiger partial charge in [-0.2, -0.15) is 0 Å². The predicted molar refractivity (Wildman–Crippen MR) is 111 cm³/mol. The molecular formula is C21H28N6O2. The average Bonchev–Trinajstić information content (AvgIpc) is 2.99. The van der Waals surface area contributed by atoms with Gasteiger partial charge in [-0.25, -0.2) is 4.68 Å². The molecule has 0 radical (unpaired) electrons. The van der Waals surface area contributed by atoms with Gasteiger partial charge in [-0.15, -0.1) is 5.10 Å². The zero-order chi connectivity index (χ0) is 20.2. The molecule has 0 aliphatic carbocycles. The molecule has 3 heterocycles. The number of H-pyrrole nitrogens is 1. The molecule has 1 saturated heterocycles. The van der Waals surface area contributed by atoms with Gasteiger partial charge in [0.1, 0.15) is 6.04 Å². The van der Waals surface area contributed by atoms with Crippen LogP contribution in [0.5, 0.6) is 0 Å². The van der Waals surface area contributed by atoms with E-state index in [1.54, 1.807) is 11.8 Å². The normalized spacial score (nSPS) is 16.8. The number of nitrogens with zero attached hydrogens (tertiary/aromatic N) is 5. The van der Waals surface area contributed by atoms with Crippen LogP contribution in [0.25, 0.3) is 10.9 Å². The first-order chi connectivity index (χ1) is 14.2. The number of tetrazole rings is 1. The van der Waals surface area contributed by atoms with Crippen LogP contribution in [0, 0.1) is 6.92 Å². The summed E-state index contributed by atoms with van der Waals surface area (Å²) < 4.78 is 6.98. The molecule has 1 atom stereocenters. The standard InChI is InChI=1S/C21H28N6O2/c1-15-7-8-16-14-17(21(28)22-18(16)13-15)19(26-9-5-3-4-6-10-26)20-23-24-25-27(20)11-12-29-2/h7-8,13-14,19H,3-6,9-12H2,1-2H3,(H,22,28). The molecule has 0 bridgehead atoms. The van der Waals surface area contributed by atoms with E-state index < -0.39 is 0 Å². The Morgan fingerprint density at radius 1 is 1.17 bits per heavy atom. The second-order valence-corrected chi connectivity index (χ2v) is 7.75. The zero-order valence-corrected chi connectivity index (χ0v) is 17.1. The summed E-state index contributed by atoms with van der Waals surface area (Å²) in [5.74, 6) is 0.695. The highest BCUT2D eigenvalue weighted by Crippen LogP contribution is 2.29. The maximum atomic E-state index is 13.2. The predicted octanol–water partition coefficient (Wildman–Crippen LogP) is 2.43. The number of nitrogens with one attached hydrogen (secondary N) is 1. The number of aromatic amines is 1. The topological polar surface area (TPSA) is 88.9 Å². The lowest BCUT2D eigenvalue weighted by Crippen LogP contribution is -2.36. The third-order valence-electron chi connectivity index (χ3n) is 5.64. The van der Waals surface area contributed by atoms with Gasteiger partial charge in [-0.3, -0.25) is 9.69 Å². The number of aromatic nitrogens is 5. The van der Waals surface area contributed by atoms with Gasteiger partial charge in [0, 0.05) is 18.2 Å². The Morgan fingerprint density at radius 2 is 1.97 bits per heavy atom. The summed E-state index contributed by atoms with van der Waals surface area (Å²) >= 11 is 0. The van der Waals surface area contributed by atoms with E-state index in [2.05, 4.69) is 37.5 Å². The minimum Gasteiger partial charge on any atom is -0.383 e. The summed E-state index contributed by atoms with van der Waals surface area (Å²) in [5.41, 5.74) is 2.58. The molecule has 1 fully saturated rings. The lowest BCUT2D eigenvalue weighted by molar-refractivity contribution is 0.175. The molecule has 0 spiro atoms. The minimum atomic E-state index is -0.283. The summed E-state index contributed by atoms with van der Waals surface area (Å²) in [6, 6.07) is 7.84. The van der Waals surface area contributed by atoms with Crippen molar-refractivity contribution in [2.75, 3.05) is 26.8 Å². The van der Waals surface area contributed by atoms with Crippen molar-refractivity contribution in [1.82, 2.24) is 30.1 Å². The van der Waals surface area contributed by atoms with Crippen molar-refractivity contribution in [3.05, 3.63) is 51.6 Å². The van der Waals surface area contributed by atoms with Crippen LogP contribution in [0.15, 0.2) is 29.1 Å². The molecule has 1 unspecified atom stereocenters. The largest absolute Gasteiger partial charge is 0.383 e. The Morgan fingerprint density at radius 3 is 2.72 bits per heavy atom. The molecule has 29 heavy (non-hydrogen) atoms. The number of hydrogen-bond acceptors (Lipinski definition) is 6. The molecule has 1 N–H and O–H groups in total. The lowest BCUT2D eigenvalue weighted by Gasteiger charge is -2.29. The number of aryl methyl sites for hydroxylation is 1. The van der Waals surface area contributed by atoms with Gasteiger partial charge in [0.2, 0.25) is 0 Å². The van der Waals surface area contributed by atoms with E-state index in [4.69, 9.17) is 4.74 Å². The van der Waals surface area contributed by atoms with Crippen LogP contribution in [-0.2, 0) is 11.3 Å². The number of benzene rings is 1. The fourth-order valence-electron chi connectivity index (χ4n) is 4.13. The molecule has 154 valence electrons.